The Hall–Kier alpha value is -2.52. The van der Waals surface area contributed by atoms with E-state index in [1.807, 2.05) is 26.0 Å². The van der Waals surface area contributed by atoms with Gasteiger partial charge in [0.2, 0.25) is 0 Å². The molecule has 2 N–H and O–H groups in total. The second-order valence-electron chi connectivity index (χ2n) is 6.12. The predicted molar refractivity (Wildman–Crippen MR) is 112 cm³/mol. The smallest absolute Gasteiger partial charge is 0.339 e. The molecule has 3 aromatic rings. The molecule has 0 aliphatic rings. The van der Waals surface area contributed by atoms with Crippen LogP contribution in [0.2, 0.25) is 5.02 Å². The molecule has 0 atom stereocenters. The average molecular weight is 421 g/mol. The summed E-state index contributed by atoms with van der Waals surface area (Å²) in [6, 6.07) is 6.67. The van der Waals surface area contributed by atoms with Crippen molar-refractivity contribution in [3.8, 4) is 0 Å². The van der Waals surface area contributed by atoms with Crippen molar-refractivity contribution in [1.82, 2.24) is 24.0 Å². The Balaban J connectivity index is 2.25. The van der Waals surface area contributed by atoms with Crippen molar-refractivity contribution in [2.24, 2.45) is 0 Å². The van der Waals surface area contributed by atoms with Gasteiger partial charge in [0.05, 0.1) is 6.54 Å². The lowest BCUT2D eigenvalue weighted by Gasteiger charge is -2.14. The number of nitrogens with zero attached hydrogens (tertiary/aromatic N) is 5. The van der Waals surface area contributed by atoms with E-state index in [9.17, 15) is 9.59 Å². The first-order valence-corrected chi connectivity index (χ1v) is 10.1. The van der Waals surface area contributed by atoms with Gasteiger partial charge in [0, 0.05) is 18.6 Å². The summed E-state index contributed by atoms with van der Waals surface area (Å²) in [7, 11) is 1.62. The summed E-state index contributed by atoms with van der Waals surface area (Å²) < 4.78 is 2.49. The average Bonchev–Trinajstić information content (AvgIpc) is 2.95. The van der Waals surface area contributed by atoms with Crippen LogP contribution in [0.1, 0.15) is 19.4 Å². The van der Waals surface area contributed by atoms with Crippen LogP contribution >= 0.6 is 23.4 Å². The highest BCUT2D eigenvalue weighted by atomic mass is 35.5. The zero-order valence-electron chi connectivity index (χ0n) is 15.8. The molecule has 148 valence electrons. The Morgan fingerprint density at radius 2 is 1.93 bits per heavy atom. The third kappa shape index (κ3) is 3.72. The Morgan fingerprint density at radius 3 is 2.54 bits per heavy atom. The Labute approximate surface area is 171 Å². The first-order chi connectivity index (χ1) is 13.4. The van der Waals surface area contributed by atoms with Gasteiger partial charge in [0.15, 0.2) is 16.6 Å². The highest BCUT2D eigenvalue weighted by Gasteiger charge is 2.25. The predicted octanol–water partition coefficient (Wildman–Crippen LogP) is 2.91. The number of anilines is 1. The molecular weight excluding hydrogens is 400 g/mol. The minimum atomic E-state index is -0.505. The van der Waals surface area contributed by atoms with Crippen LogP contribution in [0.4, 0.5) is 10.6 Å². The molecule has 28 heavy (non-hydrogen) atoms. The van der Waals surface area contributed by atoms with E-state index in [-0.39, 0.29) is 17.9 Å². The fraction of sp³-hybridized carbons (Fsp3) is 0.333. The molecule has 2 aromatic heterocycles. The molecule has 3 rings (SSSR count). The van der Waals surface area contributed by atoms with E-state index in [1.54, 1.807) is 19.2 Å². The Morgan fingerprint density at radius 1 is 1.25 bits per heavy atom. The Kier molecular flexibility index (Phi) is 5.95. The second kappa shape index (κ2) is 8.24. The van der Waals surface area contributed by atoms with E-state index in [2.05, 4.69) is 9.97 Å². The summed E-state index contributed by atoms with van der Waals surface area (Å²) in [4.78, 5) is 36.2. The van der Waals surface area contributed by atoms with Gasteiger partial charge in [-0.2, -0.15) is 0 Å². The van der Waals surface area contributed by atoms with Crippen LogP contribution in [0.15, 0.2) is 34.2 Å². The summed E-state index contributed by atoms with van der Waals surface area (Å²) >= 11 is 7.37. The summed E-state index contributed by atoms with van der Waals surface area (Å²) in [6.07, 6.45) is 0. The van der Waals surface area contributed by atoms with Crippen LogP contribution in [0.3, 0.4) is 0 Å². The van der Waals surface area contributed by atoms with E-state index >= 15 is 0 Å². The van der Waals surface area contributed by atoms with E-state index in [4.69, 9.17) is 17.3 Å². The summed E-state index contributed by atoms with van der Waals surface area (Å²) in [5, 5.41) is 1.07. The molecule has 2 heterocycles. The van der Waals surface area contributed by atoms with Crippen LogP contribution in [0.5, 0.6) is 0 Å². The molecular formula is C18H21ClN6O2S. The SMILES string of the molecule is CCSc1nc(N)c2c(n1)n(Cc1ccc(Cl)cc1)c(=O)n2C(=O)N(C)CC. The maximum absolute atomic E-state index is 13.2. The molecule has 1 aromatic carbocycles. The number of hydrogen-bond donors (Lipinski definition) is 1. The van der Waals surface area contributed by atoms with Gasteiger partial charge in [-0.25, -0.2) is 24.1 Å². The van der Waals surface area contributed by atoms with Gasteiger partial charge in [-0.1, -0.05) is 42.4 Å². The van der Waals surface area contributed by atoms with Crippen molar-refractivity contribution < 1.29 is 4.79 Å². The maximum atomic E-state index is 13.2. The van der Waals surface area contributed by atoms with Crippen molar-refractivity contribution in [2.45, 2.75) is 25.5 Å². The maximum Gasteiger partial charge on any atom is 0.339 e. The topological polar surface area (TPSA) is 99.0 Å². The largest absolute Gasteiger partial charge is 0.382 e. The van der Waals surface area contributed by atoms with Crippen molar-refractivity contribution in [1.29, 1.82) is 0 Å². The highest BCUT2D eigenvalue weighted by molar-refractivity contribution is 7.99. The standard InChI is InChI=1S/C18H21ClN6O2S/c1-4-23(3)17(26)25-13-14(20)21-16(28-5-2)22-15(13)24(18(25)27)10-11-6-8-12(19)9-7-11/h6-9H,4-5,10H2,1-3H3,(H2,20,21,22). The molecule has 8 nitrogen and oxygen atoms in total. The minimum absolute atomic E-state index is 0.103. The lowest BCUT2D eigenvalue weighted by Crippen LogP contribution is -2.38. The second-order valence-corrected chi connectivity index (χ2v) is 7.79. The monoisotopic (exact) mass is 420 g/mol. The van der Waals surface area contributed by atoms with Gasteiger partial charge in [0.1, 0.15) is 5.52 Å². The number of benzene rings is 1. The van der Waals surface area contributed by atoms with E-state index in [1.165, 1.54) is 21.2 Å². The third-order valence-electron chi connectivity index (χ3n) is 4.29. The first-order valence-electron chi connectivity index (χ1n) is 8.78. The number of rotatable bonds is 5. The van der Waals surface area contributed by atoms with E-state index < -0.39 is 11.7 Å². The summed E-state index contributed by atoms with van der Waals surface area (Å²) in [5.41, 5.74) is 7.04. The Bertz CT molecular complexity index is 1080. The number of carbonyl (C=O) groups is 1. The zero-order chi connectivity index (χ0) is 20.4. The lowest BCUT2D eigenvalue weighted by molar-refractivity contribution is 0.212. The zero-order valence-corrected chi connectivity index (χ0v) is 17.4. The molecule has 0 radical (unpaired) electrons. The van der Waals surface area contributed by atoms with Gasteiger partial charge in [-0.3, -0.25) is 4.57 Å². The number of imidazole rings is 1. The minimum Gasteiger partial charge on any atom is -0.382 e. The van der Waals surface area contributed by atoms with E-state index in [0.717, 1.165) is 15.9 Å². The molecule has 0 unspecified atom stereocenters. The summed E-state index contributed by atoms with van der Waals surface area (Å²) in [5.74, 6) is 0.857. The number of nitrogens with two attached hydrogens (primary N) is 1. The molecule has 0 fully saturated rings. The van der Waals surface area contributed by atoms with Gasteiger partial charge >= 0.3 is 11.7 Å². The fourth-order valence-electron chi connectivity index (χ4n) is 2.74. The summed E-state index contributed by atoms with van der Waals surface area (Å²) in [6.45, 7) is 4.47. The first kappa shape index (κ1) is 20.2. The van der Waals surface area contributed by atoms with Gasteiger partial charge in [-0.05, 0) is 30.4 Å². The van der Waals surface area contributed by atoms with Gasteiger partial charge in [-0.15, -0.1) is 0 Å². The fourth-order valence-corrected chi connectivity index (χ4v) is 3.44. The van der Waals surface area contributed by atoms with Gasteiger partial charge < -0.3 is 10.6 Å². The number of nitrogen functional groups attached to an aromatic ring is 1. The molecule has 0 saturated heterocycles. The van der Waals surface area contributed by atoms with Gasteiger partial charge in [0.25, 0.3) is 0 Å². The van der Waals surface area contributed by atoms with Crippen molar-refractivity contribution in [2.75, 3.05) is 25.1 Å². The molecule has 10 heteroatoms. The normalized spacial score (nSPS) is 11.1. The van der Waals surface area contributed by atoms with Crippen molar-refractivity contribution in [3.05, 3.63) is 45.3 Å². The van der Waals surface area contributed by atoms with Crippen LogP contribution in [-0.4, -0.2) is 49.4 Å². The lowest BCUT2D eigenvalue weighted by atomic mass is 10.2. The number of thioether (sulfide) groups is 1. The number of amides is 1. The number of fused-ring (bicyclic) bond motifs is 1. The molecule has 0 aliphatic carbocycles. The molecule has 0 saturated carbocycles. The quantitative estimate of drug-likeness (QED) is 0.503. The number of aromatic nitrogens is 4. The van der Waals surface area contributed by atoms with Crippen LogP contribution < -0.4 is 11.4 Å². The highest BCUT2D eigenvalue weighted by Crippen LogP contribution is 2.23. The van der Waals surface area contributed by atoms with Crippen LogP contribution in [-0.2, 0) is 6.54 Å². The number of halogens is 1. The van der Waals surface area contributed by atoms with Crippen LogP contribution in [0.25, 0.3) is 11.2 Å². The molecule has 0 bridgehead atoms. The van der Waals surface area contributed by atoms with Crippen LogP contribution in [0, 0.1) is 0 Å². The van der Waals surface area contributed by atoms with Crippen molar-refractivity contribution in [3.63, 3.8) is 0 Å². The molecule has 0 spiro atoms. The third-order valence-corrected chi connectivity index (χ3v) is 5.27. The number of carbonyl (C=O) groups excluding carboxylic acids is 1. The van der Waals surface area contributed by atoms with E-state index in [0.29, 0.717) is 22.4 Å². The molecule has 1 amide bonds. The number of hydrogen-bond acceptors (Lipinski definition) is 6. The van der Waals surface area contributed by atoms with Crippen molar-refractivity contribution >= 4 is 46.4 Å². The molecule has 0 aliphatic heterocycles.